The molecule has 0 amide bonds. The topological polar surface area (TPSA) is 43.2 Å². The lowest BCUT2D eigenvalue weighted by atomic mass is 10.0. The lowest BCUT2D eigenvalue weighted by Crippen LogP contribution is -2.36. The van der Waals surface area contributed by atoms with Gasteiger partial charge >= 0.3 is 0 Å². The van der Waals surface area contributed by atoms with Gasteiger partial charge in [-0.15, -0.1) is 10.2 Å². The predicted octanol–water partition coefficient (Wildman–Crippen LogP) is 5.22. The number of rotatable bonds is 7. The molecule has 3 aromatic rings. The second-order valence-corrected chi connectivity index (χ2v) is 9.01. The lowest BCUT2D eigenvalue weighted by molar-refractivity contribution is 0.182. The summed E-state index contributed by atoms with van der Waals surface area (Å²) in [7, 11) is 3.95. The van der Waals surface area contributed by atoms with E-state index < -0.39 is 0 Å². The molecule has 0 N–H and O–H groups in total. The third-order valence-electron chi connectivity index (χ3n) is 5.88. The molecule has 4 rings (SSSR count). The van der Waals surface area contributed by atoms with Gasteiger partial charge in [0.15, 0.2) is 11.0 Å². The van der Waals surface area contributed by atoms with Crippen LogP contribution in [0.25, 0.3) is 17.1 Å². The monoisotopic (exact) mass is 422 g/mol. The highest BCUT2D eigenvalue weighted by Gasteiger charge is 2.21. The number of piperidine rings is 1. The minimum Gasteiger partial charge on any atom is -0.496 e. The van der Waals surface area contributed by atoms with Crippen LogP contribution in [0.2, 0.25) is 0 Å². The van der Waals surface area contributed by atoms with Crippen LogP contribution >= 0.6 is 11.8 Å². The van der Waals surface area contributed by atoms with E-state index in [4.69, 9.17) is 4.74 Å². The molecule has 1 atom stereocenters. The van der Waals surface area contributed by atoms with Crippen molar-refractivity contribution in [2.24, 2.45) is 0 Å². The maximum Gasteiger partial charge on any atom is 0.196 e. The average molecular weight is 423 g/mol. The van der Waals surface area contributed by atoms with Crippen LogP contribution in [0.15, 0.2) is 53.7 Å². The molecule has 1 aliphatic rings. The summed E-state index contributed by atoms with van der Waals surface area (Å²) >= 11 is 1.79. The molecule has 2 aromatic carbocycles. The molecule has 1 aromatic heterocycles. The summed E-state index contributed by atoms with van der Waals surface area (Å²) in [6, 6.07) is 17.2. The minimum absolute atomic E-state index is 0.677. The van der Waals surface area contributed by atoms with E-state index in [0.717, 1.165) is 33.7 Å². The zero-order chi connectivity index (χ0) is 20.9. The highest BCUT2D eigenvalue weighted by atomic mass is 32.2. The molecular weight excluding hydrogens is 392 g/mol. The van der Waals surface area contributed by atoms with Crippen LogP contribution in [0.1, 0.15) is 31.2 Å². The van der Waals surface area contributed by atoms with E-state index in [-0.39, 0.29) is 0 Å². The molecule has 0 saturated carbocycles. The first kappa shape index (κ1) is 20.9. The Balaban J connectivity index is 1.63. The maximum atomic E-state index is 5.60. The van der Waals surface area contributed by atoms with Crippen molar-refractivity contribution in [3.8, 4) is 22.8 Å². The van der Waals surface area contributed by atoms with E-state index in [1.54, 1.807) is 18.9 Å². The second-order valence-electron chi connectivity index (χ2n) is 7.94. The summed E-state index contributed by atoms with van der Waals surface area (Å²) < 4.78 is 7.76. The minimum atomic E-state index is 0.677. The van der Waals surface area contributed by atoms with Crippen LogP contribution in [0.4, 0.5) is 0 Å². The van der Waals surface area contributed by atoms with Gasteiger partial charge in [-0.2, -0.15) is 0 Å². The number of para-hydroxylation sites is 1. The molecule has 5 nitrogen and oxygen atoms in total. The SMILES string of the molecule is COc1ccccc1-c1nnc(SCCC2CCCCN2C)n1-c1ccc(C)cc1. The zero-order valence-corrected chi connectivity index (χ0v) is 18.9. The Labute approximate surface area is 183 Å². The first-order chi connectivity index (χ1) is 14.7. The molecule has 30 heavy (non-hydrogen) atoms. The van der Waals surface area contributed by atoms with E-state index in [0.29, 0.717) is 6.04 Å². The van der Waals surface area contributed by atoms with Crippen molar-refractivity contribution in [2.75, 3.05) is 26.5 Å². The van der Waals surface area contributed by atoms with Crippen LogP contribution in [-0.2, 0) is 0 Å². The maximum absolute atomic E-state index is 5.60. The van der Waals surface area contributed by atoms with Gasteiger partial charge in [0.2, 0.25) is 0 Å². The van der Waals surface area contributed by atoms with E-state index in [1.807, 2.05) is 24.3 Å². The van der Waals surface area contributed by atoms with Crippen molar-refractivity contribution in [1.29, 1.82) is 0 Å². The van der Waals surface area contributed by atoms with Gasteiger partial charge in [-0.05, 0) is 64.0 Å². The fourth-order valence-electron chi connectivity index (χ4n) is 4.09. The van der Waals surface area contributed by atoms with Crippen molar-refractivity contribution in [2.45, 2.75) is 43.8 Å². The Kier molecular flexibility index (Phi) is 6.75. The van der Waals surface area contributed by atoms with E-state index in [1.165, 1.54) is 37.8 Å². The highest BCUT2D eigenvalue weighted by Crippen LogP contribution is 2.33. The third kappa shape index (κ3) is 4.55. The number of nitrogens with zero attached hydrogens (tertiary/aromatic N) is 4. The van der Waals surface area contributed by atoms with Crippen molar-refractivity contribution >= 4 is 11.8 Å². The molecule has 1 unspecified atom stereocenters. The molecule has 6 heteroatoms. The number of likely N-dealkylation sites (tertiary alicyclic amines) is 1. The molecule has 0 spiro atoms. The van der Waals surface area contributed by atoms with E-state index >= 15 is 0 Å². The fraction of sp³-hybridized carbons (Fsp3) is 0.417. The number of methoxy groups -OCH3 is 1. The first-order valence-electron chi connectivity index (χ1n) is 10.7. The largest absolute Gasteiger partial charge is 0.496 e. The number of thioether (sulfide) groups is 1. The van der Waals surface area contributed by atoms with Gasteiger partial charge < -0.3 is 9.64 Å². The van der Waals surface area contributed by atoms with Crippen LogP contribution in [0, 0.1) is 6.92 Å². The van der Waals surface area contributed by atoms with Crippen molar-refractivity contribution in [3.05, 3.63) is 54.1 Å². The molecule has 0 bridgehead atoms. The van der Waals surface area contributed by atoms with Gasteiger partial charge in [-0.25, -0.2) is 0 Å². The van der Waals surface area contributed by atoms with Crippen LogP contribution < -0.4 is 4.74 Å². The van der Waals surface area contributed by atoms with Gasteiger partial charge in [-0.3, -0.25) is 4.57 Å². The summed E-state index contributed by atoms with van der Waals surface area (Å²) in [6.45, 7) is 3.32. The number of hydrogen-bond donors (Lipinski definition) is 0. The first-order valence-corrected chi connectivity index (χ1v) is 11.6. The number of aromatic nitrogens is 3. The van der Waals surface area contributed by atoms with Crippen molar-refractivity contribution in [1.82, 2.24) is 19.7 Å². The number of ether oxygens (including phenoxy) is 1. The van der Waals surface area contributed by atoms with Crippen molar-refractivity contribution in [3.63, 3.8) is 0 Å². The van der Waals surface area contributed by atoms with Crippen molar-refractivity contribution < 1.29 is 4.74 Å². The fourth-order valence-corrected chi connectivity index (χ4v) is 5.08. The predicted molar refractivity (Wildman–Crippen MR) is 124 cm³/mol. The second kappa shape index (κ2) is 9.67. The molecule has 1 fully saturated rings. The normalized spacial score (nSPS) is 17.2. The Morgan fingerprint density at radius 1 is 1.07 bits per heavy atom. The van der Waals surface area contributed by atoms with Crippen LogP contribution in [0.5, 0.6) is 5.75 Å². The summed E-state index contributed by atoms with van der Waals surface area (Å²) in [5.74, 6) is 2.65. The Morgan fingerprint density at radius 3 is 2.63 bits per heavy atom. The van der Waals surface area contributed by atoms with Gasteiger partial charge in [0.1, 0.15) is 5.75 Å². The molecule has 158 valence electrons. The van der Waals surface area contributed by atoms with E-state index in [2.05, 4.69) is 57.9 Å². The van der Waals surface area contributed by atoms with Crippen LogP contribution in [-0.4, -0.2) is 52.2 Å². The average Bonchev–Trinajstić information content (AvgIpc) is 3.19. The quantitative estimate of drug-likeness (QED) is 0.489. The van der Waals surface area contributed by atoms with E-state index in [9.17, 15) is 0 Å². The molecule has 0 radical (unpaired) electrons. The Hall–Kier alpha value is -2.31. The molecule has 1 aliphatic heterocycles. The number of aryl methyl sites for hydroxylation is 1. The lowest BCUT2D eigenvalue weighted by Gasteiger charge is -2.32. The van der Waals surface area contributed by atoms with Gasteiger partial charge in [0.25, 0.3) is 0 Å². The zero-order valence-electron chi connectivity index (χ0n) is 18.0. The number of benzene rings is 2. The van der Waals surface area contributed by atoms with Gasteiger partial charge in [0, 0.05) is 17.5 Å². The Morgan fingerprint density at radius 2 is 1.87 bits per heavy atom. The standard InChI is InChI=1S/C24H30N4OS/c1-18-11-13-20(14-12-18)28-23(21-9-4-5-10-22(21)29-3)25-26-24(28)30-17-15-19-8-6-7-16-27(19)2/h4-5,9-14,19H,6-8,15-17H2,1-3H3. The molecular formula is C24H30N4OS. The van der Waals surface area contributed by atoms with Crippen LogP contribution in [0.3, 0.4) is 0 Å². The third-order valence-corrected chi connectivity index (χ3v) is 6.84. The van der Waals surface area contributed by atoms with Gasteiger partial charge in [-0.1, -0.05) is 48.0 Å². The summed E-state index contributed by atoms with van der Waals surface area (Å²) in [6.07, 6.45) is 5.14. The van der Waals surface area contributed by atoms with Gasteiger partial charge in [0.05, 0.1) is 12.7 Å². The molecule has 0 aliphatic carbocycles. The molecule has 1 saturated heterocycles. The highest BCUT2D eigenvalue weighted by molar-refractivity contribution is 7.99. The smallest absolute Gasteiger partial charge is 0.196 e. The summed E-state index contributed by atoms with van der Waals surface area (Å²) in [5, 5.41) is 10.1. The summed E-state index contributed by atoms with van der Waals surface area (Å²) in [4.78, 5) is 2.51. The number of hydrogen-bond acceptors (Lipinski definition) is 5. The summed E-state index contributed by atoms with van der Waals surface area (Å²) in [5.41, 5.74) is 3.26. The Bertz CT molecular complexity index is 970. The molecule has 2 heterocycles.